The number of rotatable bonds is 0. The van der Waals surface area contributed by atoms with Crippen molar-refractivity contribution in [2.45, 2.75) is 57.7 Å². The van der Waals surface area contributed by atoms with Crippen molar-refractivity contribution in [1.82, 2.24) is 3.93 Å². The van der Waals surface area contributed by atoms with E-state index in [-0.39, 0.29) is 17.2 Å². The Morgan fingerprint density at radius 2 is 1.50 bits per heavy atom. The van der Waals surface area contributed by atoms with E-state index in [0.29, 0.717) is 0 Å². The van der Waals surface area contributed by atoms with Crippen molar-refractivity contribution in [3.8, 4) is 0 Å². The first-order valence-electron chi connectivity index (χ1n) is 4.40. The second kappa shape index (κ2) is 2.96. The van der Waals surface area contributed by atoms with Crippen LogP contribution in [0.25, 0.3) is 0 Å². The van der Waals surface area contributed by atoms with Crippen LogP contribution in [-0.4, -0.2) is 26.2 Å². The fraction of sp³-hybridized carbons (Fsp3) is 1.00. The molecule has 0 aliphatic carbocycles. The lowest BCUT2D eigenvalue weighted by Gasteiger charge is -2.50. The van der Waals surface area contributed by atoms with Crippen LogP contribution >= 0.6 is 16.1 Å². The summed E-state index contributed by atoms with van der Waals surface area (Å²) in [4.78, 5) is 0. The van der Waals surface area contributed by atoms with Crippen molar-refractivity contribution in [2.75, 3.05) is 0 Å². The minimum atomic E-state index is -0.163. The molecule has 0 aromatic heterocycles. The van der Waals surface area contributed by atoms with Crippen molar-refractivity contribution >= 4 is 16.1 Å². The molecule has 0 atom stereocenters. The molecule has 1 N–H and O–H groups in total. The molecule has 1 saturated heterocycles. The van der Waals surface area contributed by atoms with Gasteiger partial charge in [-0.2, -0.15) is 0 Å². The van der Waals surface area contributed by atoms with Crippen molar-refractivity contribution in [2.24, 2.45) is 0 Å². The first-order valence-corrected chi connectivity index (χ1v) is 5.11. The lowest BCUT2D eigenvalue weighted by atomic mass is 9.81. The van der Waals surface area contributed by atoms with E-state index >= 15 is 0 Å². The van der Waals surface area contributed by atoms with Gasteiger partial charge >= 0.3 is 0 Å². The Kier molecular flexibility index (Phi) is 2.59. The molecule has 1 rings (SSSR count). The summed E-state index contributed by atoms with van der Waals surface area (Å²) in [6.07, 6.45) is 1.51. The predicted octanol–water partition coefficient (Wildman–Crippen LogP) is 2.31. The molecule has 2 nitrogen and oxygen atoms in total. The van der Waals surface area contributed by atoms with Gasteiger partial charge in [0.2, 0.25) is 0 Å². The van der Waals surface area contributed by atoms with Gasteiger partial charge in [0.05, 0.1) is 6.10 Å². The number of piperidine rings is 1. The summed E-state index contributed by atoms with van der Waals surface area (Å²) in [6.45, 7) is 8.58. The van der Waals surface area contributed by atoms with Gasteiger partial charge in [0.25, 0.3) is 0 Å². The first-order chi connectivity index (χ1) is 5.26. The van der Waals surface area contributed by atoms with Crippen LogP contribution in [-0.2, 0) is 0 Å². The maximum atomic E-state index is 9.65. The molecule has 12 heavy (non-hydrogen) atoms. The zero-order valence-electron chi connectivity index (χ0n) is 8.26. The van der Waals surface area contributed by atoms with E-state index in [1.807, 2.05) is 0 Å². The molecule has 0 aromatic rings. The molecule has 1 heterocycles. The SMILES string of the molecule is CC1(C)CC(O)CC(C)(C)N1Br. The Bertz CT molecular complexity index is 161. The van der Waals surface area contributed by atoms with E-state index in [1.54, 1.807) is 0 Å². The molecule has 0 saturated carbocycles. The Morgan fingerprint density at radius 3 is 1.83 bits per heavy atom. The summed E-state index contributed by atoms with van der Waals surface area (Å²) in [7, 11) is 0. The Morgan fingerprint density at radius 1 is 1.17 bits per heavy atom. The maximum absolute atomic E-state index is 9.65. The zero-order valence-corrected chi connectivity index (χ0v) is 9.85. The lowest BCUT2D eigenvalue weighted by Crippen LogP contribution is -2.56. The maximum Gasteiger partial charge on any atom is 0.0575 e. The van der Waals surface area contributed by atoms with E-state index in [1.165, 1.54) is 0 Å². The number of nitrogens with zero attached hydrogens (tertiary/aromatic N) is 1. The summed E-state index contributed by atoms with van der Waals surface area (Å²) >= 11 is 3.58. The number of aliphatic hydroxyl groups excluding tert-OH is 1. The van der Waals surface area contributed by atoms with Crippen LogP contribution in [0, 0.1) is 0 Å². The summed E-state index contributed by atoms with van der Waals surface area (Å²) in [5.41, 5.74) is 0.0856. The second-order valence-corrected chi connectivity index (χ2v) is 5.68. The van der Waals surface area contributed by atoms with Gasteiger partial charge in [-0.25, -0.2) is 3.93 Å². The Balaban J connectivity index is 2.84. The second-order valence-electron chi connectivity index (χ2n) is 4.97. The average Bonchev–Trinajstić information content (AvgIpc) is 1.80. The van der Waals surface area contributed by atoms with Crippen molar-refractivity contribution in [3.63, 3.8) is 0 Å². The molecular weight excluding hydrogens is 218 g/mol. The summed E-state index contributed by atoms with van der Waals surface area (Å²) in [5.74, 6) is 0. The van der Waals surface area contributed by atoms with Crippen LogP contribution in [0.1, 0.15) is 40.5 Å². The normalized spacial score (nSPS) is 30.5. The molecule has 1 fully saturated rings. The van der Waals surface area contributed by atoms with E-state index in [0.717, 1.165) is 12.8 Å². The van der Waals surface area contributed by atoms with Gasteiger partial charge in [0, 0.05) is 27.2 Å². The van der Waals surface area contributed by atoms with E-state index in [9.17, 15) is 5.11 Å². The summed E-state index contributed by atoms with van der Waals surface area (Å²) in [5, 5.41) is 9.65. The number of hydrogen-bond acceptors (Lipinski definition) is 2. The third kappa shape index (κ3) is 1.83. The van der Waals surface area contributed by atoms with E-state index in [4.69, 9.17) is 0 Å². The highest BCUT2D eigenvalue weighted by molar-refractivity contribution is 9.07. The molecule has 72 valence electrons. The quantitative estimate of drug-likeness (QED) is 0.652. The van der Waals surface area contributed by atoms with Crippen LogP contribution in [0.5, 0.6) is 0 Å². The van der Waals surface area contributed by atoms with Gasteiger partial charge < -0.3 is 5.11 Å². The summed E-state index contributed by atoms with van der Waals surface area (Å²) < 4.78 is 2.18. The first kappa shape index (κ1) is 10.5. The third-order valence-corrected chi connectivity index (χ3v) is 4.45. The van der Waals surface area contributed by atoms with Crippen LogP contribution in [0.4, 0.5) is 0 Å². The predicted molar refractivity (Wildman–Crippen MR) is 54.2 cm³/mol. The average molecular weight is 236 g/mol. The Labute approximate surface area is 83.3 Å². The minimum Gasteiger partial charge on any atom is -0.393 e. The third-order valence-electron chi connectivity index (χ3n) is 2.53. The zero-order chi connectivity index (χ0) is 9.57. The van der Waals surface area contributed by atoms with Crippen LogP contribution < -0.4 is 0 Å². The van der Waals surface area contributed by atoms with Gasteiger partial charge in [-0.15, -0.1) is 0 Å². The molecule has 0 radical (unpaired) electrons. The molecule has 1 aliphatic rings. The topological polar surface area (TPSA) is 23.5 Å². The lowest BCUT2D eigenvalue weighted by molar-refractivity contribution is -0.0153. The number of aliphatic hydroxyl groups is 1. The molecule has 0 amide bonds. The highest BCUT2D eigenvalue weighted by atomic mass is 79.9. The molecule has 1 aliphatic heterocycles. The highest BCUT2D eigenvalue weighted by Crippen LogP contribution is 2.40. The molecule has 0 bridgehead atoms. The van der Waals surface area contributed by atoms with Gasteiger partial charge in [0.15, 0.2) is 0 Å². The highest BCUT2D eigenvalue weighted by Gasteiger charge is 2.43. The molecular formula is C9H18BrNO. The smallest absolute Gasteiger partial charge is 0.0575 e. The summed E-state index contributed by atoms with van der Waals surface area (Å²) in [6, 6.07) is 0. The minimum absolute atomic E-state index is 0.0428. The van der Waals surface area contributed by atoms with E-state index < -0.39 is 0 Å². The Hall–Kier alpha value is 0.400. The fourth-order valence-electron chi connectivity index (χ4n) is 2.21. The van der Waals surface area contributed by atoms with Gasteiger partial charge in [-0.05, 0) is 40.5 Å². The van der Waals surface area contributed by atoms with Crippen molar-refractivity contribution in [1.29, 1.82) is 0 Å². The van der Waals surface area contributed by atoms with Crippen LogP contribution in [0.2, 0.25) is 0 Å². The van der Waals surface area contributed by atoms with E-state index in [2.05, 4.69) is 47.8 Å². The van der Waals surface area contributed by atoms with Crippen molar-refractivity contribution < 1.29 is 5.11 Å². The molecule has 0 unspecified atom stereocenters. The number of hydrogen-bond donors (Lipinski definition) is 1. The monoisotopic (exact) mass is 235 g/mol. The largest absolute Gasteiger partial charge is 0.393 e. The molecule has 0 spiro atoms. The number of halogens is 1. The fourth-order valence-corrected chi connectivity index (χ4v) is 2.49. The van der Waals surface area contributed by atoms with Gasteiger partial charge in [0.1, 0.15) is 0 Å². The van der Waals surface area contributed by atoms with Gasteiger partial charge in [-0.1, -0.05) is 0 Å². The molecule has 0 aromatic carbocycles. The standard InChI is InChI=1S/C9H18BrNO/c1-8(2)5-7(12)6-9(3,4)11(8)10/h7,12H,5-6H2,1-4H3. The van der Waals surface area contributed by atoms with Gasteiger partial charge in [-0.3, -0.25) is 0 Å². The van der Waals surface area contributed by atoms with Crippen LogP contribution in [0.15, 0.2) is 0 Å². The molecule has 3 heteroatoms. The van der Waals surface area contributed by atoms with Crippen molar-refractivity contribution in [3.05, 3.63) is 0 Å². The van der Waals surface area contributed by atoms with Crippen LogP contribution in [0.3, 0.4) is 0 Å².